The first kappa shape index (κ1) is 14.6. The molecule has 0 aliphatic heterocycles. The fourth-order valence-electron chi connectivity index (χ4n) is 1.82. The Morgan fingerprint density at radius 1 is 1.48 bits per heavy atom. The molecule has 0 radical (unpaired) electrons. The van der Waals surface area contributed by atoms with Crippen LogP contribution in [0.1, 0.15) is 12.0 Å². The van der Waals surface area contributed by atoms with Crippen molar-refractivity contribution in [2.24, 2.45) is 0 Å². The summed E-state index contributed by atoms with van der Waals surface area (Å²) in [7, 11) is 0. The standard InChI is InChI=1S/C15H18N4O2/c16-13-3-4-14(20)12(10-13)2-5-15(21)18-6-1-8-19-9-7-17-11-19/h2-5,7,9-11,20H,1,6,8,16H2,(H,18,21)/b5-2+. The number of nitrogens with two attached hydrogens (primary N) is 1. The van der Waals surface area contributed by atoms with Gasteiger partial charge < -0.3 is 20.7 Å². The van der Waals surface area contributed by atoms with Crippen LogP contribution in [0.15, 0.2) is 43.0 Å². The number of anilines is 1. The quantitative estimate of drug-likeness (QED) is 0.324. The van der Waals surface area contributed by atoms with Gasteiger partial charge >= 0.3 is 0 Å². The summed E-state index contributed by atoms with van der Waals surface area (Å²) in [4.78, 5) is 15.6. The minimum atomic E-state index is -0.206. The summed E-state index contributed by atoms with van der Waals surface area (Å²) < 4.78 is 1.95. The second-order valence-electron chi connectivity index (χ2n) is 4.60. The average molecular weight is 286 g/mol. The highest BCUT2D eigenvalue weighted by Crippen LogP contribution is 2.20. The molecule has 0 saturated heterocycles. The molecule has 6 heteroatoms. The van der Waals surface area contributed by atoms with E-state index in [-0.39, 0.29) is 11.7 Å². The first-order valence-corrected chi connectivity index (χ1v) is 6.65. The number of hydrogen-bond donors (Lipinski definition) is 3. The van der Waals surface area contributed by atoms with Gasteiger partial charge in [0.1, 0.15) is 5.75 Å². The minimum absolute atomic E-state index is 0.0911. The van der Waals surface area contributed by atoms with Gasteiger partial charge in [-0.15, -0.1) is 0 Å². The van der Waals surface area contributed by atoms with Crippen molar-refractivity contribution in [2.75, 3.05) is 12.3 Å². The van der Waals surface area contributed by atoms with E-state index < -0.39 is 0 Å². The van der Waals surface area contributed by atoms with Crippen LogP contribution in [-0.2, 0) is 11.3 Å². The zero-order valence-electron chi connectivity index (χ0n) is 11.6. The van der Waals surface area contributed by atoms with Crippen LogP contribution in [0.25, 0.3) is 6.08 Å². The van der Waals surface area contributed by atoms with Crippen LogP contribution in [0.2, 0.25) is 0 Å². The minimum Gasteiger partial charge on any atom is -0.507 e. The molecule has 2 rings (SSSR count). The van der Waals surface area contributed by atoms with Crippen molar-refractivity contribution in [3.63, 3.8) is 0 Å². The molecule has 0 spiro atoms. The number of imidazole rings is 1. The molecular weight excluding hydrogens is 268 g/mol. The lowest BCUT2D eigenvalue weighted by Crippen LogP contribution is -2.22. The van der Waals surface area contributed by atoms with Gasteiger partial charge in [0.05, 0.1) is 6.33 Å². The van der Waals surface area contributed by atoms with Gasteiger partial charge in [-0.3, -0.25) is 4.79 Å². The highest BCUT2D eigenvalue weighted by atomic mass is 16.3. The number of nitrogens with one attached hydrogen (secondary N) is 1. The second kappa shape index (κ2) is 7.14. The Balaban J connectivity index is 1.76. The summed E-state index contributed by atoms with van der Waals surface area (Å²) in [5.74, 6) is -0.115. The van der Waals surface area contributed by atoms with E-state index in [1.54, 1.807) is 24.7 Å². The molecule has 1 aromatic carbocycles. The Morgan fingerprint density at radius 3 is 3.10 bits per heavy atom. The summed E-state index contributed by atoms with van der Waals surface area (Å²) in [6, 6.07) is 4.71. The number of phenolic OH excluding ortho intramolecular Hbond substituents is 1. The zero-order chi connectivity index (χ0) is 15.1. The molecule has 1 amide bonds. The third-order valence-corrected chi connectivity index (χ3v) is 2.92. The van der Waals surface area contributed by atoms with Crippen LogP contribution in [-0.4, -0.2) is 27.1 Å². The van der Waals surface area contributed by atoms with Crippen LogP contribution in [0.3, 0.4) is 0 Å². The molecule has 4 N–H and O–H groups in total. The van der Waals surface area contributed by atoms with Crippen molar-refractivity contribution < 1.29 is 9.90 Å². The number of carbonyl (C=O) groups excluding carboxylic acids is 1. The first-order chi connectivity index (χ1) is 10.1. The van der Waals surface area contributed by atoms with Gasteiger partial charge in [-0.05, 0) is 30.7 Å². The van der Waals surface area contributed by atoms with E-state index >= 15 is 0 Å². The molecule has 0 fully saturated rings. The lowest BCUT2D eigenvalue weighted by Gasteiger charge is -2.03. The van der Waals surface area contributed by atoms with Crippen molar-refractivity contribution in [2.45, 2.75) is 13.0 Å². The number of aromatic nitrogens is 2. The molecule has 0 aliphatic rings. The third kappa shape index (κ3) is 4.68. The Morgan fingerprint density at radius 2 is 2.33 bits per heavy atom. The Kier molecular flexibility index (Phi) is 4.98. The Bertz CT molecular complexity index is 621. The van der Waals surface area contributed by atoms with E-state index in [0.29, 0.717) is 17.8 Å². The van der Waals surface area contributed by atoms with E-state index in [9.17, 15) is 9.90 Å². The number of benzene rings is 1. The van der Waals surface area contributed by atoms with E-state index in [4.69, 9.17) is 5.73 Å². The van der Waals surface area contributed by atoms with Gasteiger partial charge in [0.2, 0.25) is 5.91 Å². The van der Waals surface area contributed by atoms with Gasteiger partial charge in [0, 0.05) is 42.8 Å². The fraction of sp³-hybridized carbons (Fsp3) is 0.200. The number of aryl methyl sites for hydroxylation is 1. The van der Waals surface area contributed by atoms with Gasteiger partial charge in [-0.25, -0.2) is 4.98 Å². The highest BCUT2D eigenvalue weighted by Gasteiger charge is 1.99. The first-order valence-electron chi connectivity index (χ1n) is 6.65. The average Bonchev–Trinajstić information content (AvgIpc) is 2.98. The molecule has 0 atom stereocenters. The van der Waals surface area contributed by atoms with E-state index in [1.165, 1.54) is 18.2 Å². The van der Waals surface area contributed by atoms with Crippen molar-refractivity contribution in [3.8, 4) is 5.75 Å². The van der Waals surface area contributed by atoms with Crippen molar-refractivity contribution >= 4 is 17.7 Å². The summed E-state index contributed by atoms with van der Waals surface area (Å²) in [6.07, 6.45) is 9.08. The number of nitrogen functional groups attached to an aromatic ring is 1. The second-order valence-corrected chi connectivity index (χ2v) is 4.60. The van der Waals surface area contributed by atoms with Crippen LogP contribution in [0.5, 0.6) is 5.75 Å². The van der Waals surface area contributed by atoms with Crippen molar-refractivity contribution in [3.05, 3.63) is 48.6 Å². The number of carbonyl (C=O) groups is 1. The van der Waals surface area contributed by atoms with Gasteiger partial charge in [-0.2, -0.15) is 0 Å². The lowest BCUT2D eigenvalue weighted by atomic mass is 10.1. The molecule has 0 unspecified atom stereocenters. The third-order valence-electron chi connectivity index (χ3n) is 2.92. The molecule has 2 aromatic rings. The monoisotopic (exact) mass is 286 g/mol. The Labute approximate surface area is 122 Å². The predicted molar refractivity (Wildman–Crippen MR) is 81.4 cm³/mol. The predicted octanol–water partition coefficient (Wildman–Crippen LogP) is 1.39. The summed E-state index contributed by atoms with van der Waals surface area (Å²) in [5, 5.41) is 12.4. The van der Waals surface area contributed by atoms with Crippen molar-refractivity contribution in [1.82, 2.24) is 14.9 Å². The van der Waals surface area contributed by atoms with E-state index in [0.717, 1.165) is 13.0 Å². The van der Waals surface area contributed by atoms with E-state index in [2.05, 4.69) is 10.3 Å². The topological polar surface area (TPSA) is 93.2 Å². The zero-order valence-corrected chi connectivity index (χ0v) is 11.6. The van der Waals surface area contributed by atoms with Crippen LogP contribution < -0.4 is 11.1 Å². The molecule has 21 heavy (non-hydrogen) atoms. The SMILES string of the molecule is Nc1ccc(O)c(/C=C/C(=O)NCCCn2ccnc2)c1. The van der Waals surface area contributed by atoms with Crippen molar-refractivity contribution in [1.29, 1.82) is 0 Å². The number of aromatic hydroxyl groups is 1. The van der Waals surface area contributed by atoms with Gasteiger partial charge in [0.25, 0.3) is 0 Å². The molecule has 1 aromatic heterocycles. The van der Waals surface area contributed by atoms with E-state index in [1.807, 2.05) is 10.8 Å². The number of amides is 1. The lowest BCUT2D eigenvalue weighted by molar-refractivity contribution is -0.116. The Hall–Kier alpha value is -2.76. The molecule has 6 nitrogen and oxygen atoms in total. The molecule has 0 saturated carbocycles. The molecule has 0 bridgehead atoms. The highest BCUT2D eigenvalue weighted by molar-refractivity contribution is 5.92. The van der Waals surface area contributed by atoms with Gasteiger partial charge in [0.15, 0.2) is 0 Å². The molecule has 1 heterocycles. The number of hydrogen-bond acceptors (Lipinski definition) is 4. The largest absolute Gasteiger partial charge is 0.507 e. The maximum atomic E-state index is 11.6. The fourth-order valence-corrected chi connectivity index (χ4v) is 1.82. The summed E-state index contributed by atoms with van der Waals surface area (Å²) >= 11 is 0. The maximum Gasteiger partial charge on any atom is 0.244 e. The van der Waals surface area contributed by atoms with Crippen LogP contribution >= 0.6 is 0 Å². The smallest absolute Gasteiger partial charge is 0.244 e. The summed E-state index contributed by atoms with van der Waals surface area (Å²) in [5.41, 5.74) is 6.68. The van der Waals surface area contributed by atoms with Crippen LogP contribution in [0.4, 0.5) is 5.69 Å². The molecular formula is C15H18N4O2. The van der Waals surface area contributed by atoms with Gasteiger partial charge in [-0.1, -0.05) is 0 Å². The molecule has 0 aliphatic carbocycles. The number of rotatable bonds is 6. The number of phenols is 1. The number of nitrogens with zero attached hydrogens (tertiary/aromatic N) is 2. The molecule has 110 valence electrons. The summed E-state index contributed by atoms with van der Waals surface area (Å²) in [6.45, 7) is 1.38. The normalized spacial score (nSPS) is 10.9. The maximum absolute atomic E-state index is 11.6. The van der Waals surface area contributed by atoms with Crippen LogP contribution in [0, 0.1) is 0 Å².